The van der Waals surface area contributed by atoms with Gasteiger partial charge >= 0.3 is 5.97 Å². The number of nitrogens with one attached hydrogen (secondary N) is 2. The van der Waals surface area contributed by atoms with Crippen molar-refractivity contribution in [1.82, 2.24) is 4.98 Å². The van der Waals surface area contributed by atoms with Crippen LogP contribution < -0.4 is 5.32 Å². The summed E-state index contributed by atoms with van der Waals surface area (Å²) in [5, 5.41) is 3.99. The Labute approximate surface area is 174 Å². The number of benzene rings is 3. The van der Waals surface area contributed by atoms with Gasteiger partial charge in [-0.15, -0.1) is 0 Å². The average Bonchev–Trinajstić information content (AvgIpc) is 3.22. The number of rotatable bonds is 8. The number of anilines is 1. The third-order valence-electron chi connectivity index (χ3n) is 4.88. The summed E-state index contributed by atoms with van der Waals surface area (Å²) in [5.74, 6) is -0.677. The highest BCUT2D eigenvalue weighted by Gasteiger charge is 2.27. The zero-order valence-electron chi connectivity index (χ0n) is 16.4. The molecule has 150 valence electrons. The van der Waals surface area contributed by atoms with Gasteiger partial charge in [0, 0.05) is 40.5 Å². The lowest BCUT2D eigenvalue weighted by Crippen LogP contribution is -2.21. The predicted octanol–water partition coefficient (Wildman–Crippen LogP) is 5.14. The van der Waals surface area contributed by atoms with Crippen LogP contribution in [0.5, 0.6) is 0 Å². The fourth-order valence-electron chi connectivity index (χ4n) is 3.37. The molecule has 0 saturated carbocycles. The molecule has 0 saturated heterocycles. The molecule has 2 N–H and O–H groups in total. The number of Topliss-reactive ketones (excluding diaryl/α,β-unsaturated/α-hetero) is 1. The number of carbonyl (C=O) groups excluding carboxylic acids is 2. The van der Waals surface area contributed by atoms with Crippen molar-refractivity contribution in [2.45, 2.75) is 12.5 Å². The lowest BCUT2D eigenvalue weighted by Gasteiger charge is -2.17. The number of ether oxygens (including phenoxy) is 1. The number of hydrogen-bond donors (Lipinski definition) is 2. The molecule has 0 aliphatic heterocycles. The molecule has 4 aromatic rings. The van der Waals surface area contributed by atoms with Crippen LogP contribution in [0.25, 0.3) is 10.9 Å². The Kier molecular flexibility index (Phi) is 5.90. The van der Waals surface area contributed by atoms with Crippen LogP contribution >= 0.6 is 0 Å². The molecule has 0 spiro atoms. The van der Waals surface area contributed by atoms with Crippen molar-refractivity contribution in [1.29, 1.82) is 0 Å². The molecule has 0 bridgehead atoms. The van der Waals surface area contributed by atoms with Crippen molar-refractivity contribution >= 4 is 28.3 Å². The topological polar surface area (TPSA) is 71.2 Å². The van der Waals surface area contributed by atoms with E-state index < -0.39 is 12.1 Å². The third kappa shape index (κ3) is 4.41. The fourth-order valence-corrected chi connectivity index (χ4v) is 3.37. The molecule has 0 amide bonds. The Bertz CT molecular complexity index is 1140. The van der Waals surface area contributed by atoms with Crippen LogP contribution in [0.4, 0.5) is 5.69 Å². The molecule has 4 rings (SSSR count). The van der Waals surface area contributed by atoms with Gasteiger partial charge in [0.25, 0.3) is 0 Å². The lowest BCUT2D eigenvalue weighted by atomic mass is 9.99. The summed E-state index contributed by atoms with van der Waals surface area (Å²) in [6, 6.07) is 26.3. The molecular weight excluding hydrogens is 376 g/mol. The van der Waals surface area contributed by atoms with Gasteiger partial charge in [0.2, 0.25) is 5.78 Å². The van der Waals surface area contributed by atoms with E-state index in [1.807, 2.05) is 72.8 Å². The lowest BCUT2D eigenvalue weighted by molar-refractivity contribution is -0.147. The molecule has 3 aromatic carbocycles. The summed E-state index contributed by atoms with van der Waals surface area (Å²) in [5.41, 5.74) is 2.96. The summed E-state index contributed by atoms with van der Waals surface area (Å²) in [4.78, 5) is 29.0. The standard InChI is InChI=1S/C25H22N2O3/c28-23(15-16-26-19-11-5-2-6-12-19)30-25(18-9-3-1-4-10-18)24(29)21-17-27-22-14-8-7-13-20(21)22/h1-14,17,25-27H,15-16H2/t25-/m1/s1. The van der Waals surface area contributed by atoms with Crippen molar-refractivity contribution in [2.75, 3.05) is 11.9 Å². The Morgan fingerprint density at radius 1 is 0.867 bits per heavy atom. The second kappa shape index (κ2) is 9.09. The van der Waals surface area contributed by atoms with E-state index in [1.165, 1.54) is 0 Å². The third-order valence-corrected chi connectivity index (χ3v) is 4.88. The van der Waals surface area contributed by atoms with Crippen molar-refractivity contribution < 1.29 is 14.3 Å². The number of para-hydroxylation sites is 2. The Morgan fingerprint density at radius 2 is 1.53 bits per heavy atom. The van der Waals surface area contributed by atoms with Gasteiger partial charge in [0.1, 0.15) is 0 Å². The molecule has 5 nitrogen and oxygen atoms in total. The summed E-state index contributed by atoms with van der Waals surface area (Å²) in [6.45, 7) is 0.422. The first-order valence-electron chi connectivity index (χ1n) is 9.86. The van der Waals surface area contributed by atoms with Crippen molar-refractivity contribution in [3.63, 3.8) is 0 Å². The molecule has 0 radical (unpaired) electrons. The molecule has 0 aliphatic carbocycles. The van der Waals surface area contributed by atoms with Crippen LogP contribution in [0.15, 0.2) is 91.1 Å². The predicted molar refractivity (Wildman–Crippen MR) is 117 cm³/mol. The minimum Gasteiger partial charge on any atom is -0.449 e. The monoisotopic (exact) mass is 398 g/mol. The van der Waals surface area contributed by atoms with Crippen molar-refractivity contribution in [3.05, 3.63) is 102 Å². The van der Waals surface area contributed by atoms with Gasteiger partial charge in [-0.05, 0) is 18.2 Å². The van der Waals surface area contributed by atoms with Crippen molar-refractivity contribution in [2.24, 2.45) is 0 Å². The van der Waals surface area contributed by atoms with Gasteiger partial charge in [-0.2, -0.15) is 0 Å². The van der Waals surface area contributed by atoms with E-state index in [4.69, 9.17) is 4.74 Å². The molecule has 0 fully saturated rings. The maximum atomic E-state index is 13.3. The van der Waals surface area contributed by atoms with Gasteiger partial charge in [0.15, 0.2) is 6.10 Å². The number of ketones is 1. The Hall–Kier alpha value is -3.86. The number of H-pyrrole nitrogens is 1. The van der Waals surface area contributed by atoms with Crippen molar-refractivity contribution in [3.8, 4) is 0 Å². The van der Waals surface area contributed by atoms with E-state index in [0.29, 0.717) is 17.7 Å². The maximum Gasteiger partial charge on any atom is 0.308 e. The van der Waals surface area contributed by atoms with Crippen LogP contribution in [0, 0.1) is 0 Å². The van der Waals surface area contributed by atoms with Gasteiger partial charge in [-0.3, -0.25) is 9.59 Å². The zero-order chi connectivity index (χ0) is 20.8. The van der Waals surface area contributed by atoms with E-state index in [0.717, 1.165) is 16.6 Å². The molecule has 0 unspecified atom stereocenters. The summed E-state index contributed by atoms with van der Waals surface area (Å²) in [6.07, 6.45) is 0.835. The van der Waals surface area contributed by atoms with E-state index in [2.05, 4.69) is 10.3 Å². The minimum absolute atomic E-state index is 0.152. The smallest absolute Gasteiger partial charge is 0.308 e. The second-order valence-corrected chi connectivity index (χ2v) is 6.94. The van der Waals surface area contributed by atoms with Gasteiger partial charge in [-0.25, -0.2) is 0 Å². The van der Waals surface area contributed by atoms with Gasteiger partial charge in [0.05, 0.1) is 6.42 Å². The first-order valence-corrected chi connectivity index (χ1v) is 9.86. The number of aromatic amines is 1. The number of aromatic nitrogens is 1. The number of hydrogen-bond acceptors (Lipinski definition) is 4. The number of esters is 1. The maximum absolute atomic E-state index is 13.3. The second-order valence-electron chi connectivity index (χ2n) is 6.94. The average molecular weight is 398 g/mol. The summed E-state index contributed by atoms with van der Waals surface area (Å²) in [7, 11) is 0. The number of fused-ring (bicyclic) bond motifs is 1. The van der Waals surface area contributed by atoms with Crippen LogP contribution in [-0.2, 0) is 9.53 Å². The Morgan fingerprint density at radius 3 is 2.30 bits per heavy atom. The number of carbonyl (C=O) groups is 2. The van der Waals surface area contributed by atoms with E-state index in [9.17, 15) is 9.59 Å². The zero-order valence-corrected chi connectivity index (χ0v) is 16.4. The van der Waals surface area contributed by atoms with E-state index >= 15 is 0 Å². The molecular formula is C25H22N2O3. The SMILES string of the molecule is O=C(CCNc1ccccc1)O[C@@H](C(=O)c1c[nH]c2ccccc12)c1ccccc1. The first-order chi connectivity index (χ1) is 14.7. The highest BCUT2D eigenvalue weighted by atomic mass is 16.5. The summed E-state index contributed by atoms with van der Waals surface area (Å²) < 4.78 is 5.67. The highest BCUT2D eigenvalue weighted by molar-refractivity contribution is 6.10. The molecule has 1 heterocycles. The Balaban J connectivity index is 1.50. The molecule has 30 heavy (non-hydrogen) atoms. The van der Waals surface area contributed by atoms with Crippen LogP contribution in [-0.4, -0.2) is 23.3 Å². The van der Waals surface area contributed by atoms with E-state index in [1.54, 1.807) is 18.3 Å². The molecule has 1 aromatic heterocycles. The highest BCUT2D eigenvalue weighted by Crippen LogP contribution is 2.27. The molecule has 1 atom stereocenters. The van der Waals surface area contributed by atoms with E-state index in [-0.39, 0.29) is 12.2 Å². The summed E-state index contributed by atoms with van der Waals surface area (Å²) >= 11 is 0. The normalized spacial score (nSPS) is 11.7. The van der Waals surface area contributed by atoms with Gasteiger partial charge in [-0.1, -0.05) is 66.7 Å². The van der Waals surface area contributed by atoms with Crippen LogP contribution in [0.3, 0.4) is 0 Å². The van der Waals surface area contributed by atoms with Crippen LogP contribution in [0.1, 0.15) is 28.4 Å². The quantitative estimate of drug-likeness (QED) is 0.319. The largest absolute Gasteiger partial charge is 0.449 e. The molecule has 0 aliphatic rings. The van der Waals surface area contributed by atoms with Crippen LogP contribution in [0.2, 0.25) is 0 Å². The fraction of sp³-hybridized carbons (Fsp3) is 0.120. The minimum atomic E-state index is -0.991. The first kappa shape index (κ1) is 19.5. The van der Waals surface area contributed by atoms with Gasteiger partial charge < -0.3 is 15.0 Å². The molecule has 5 heteroatoms.